The van der Waals surface area contributed by atoms with E-state index in [2.05, 4.69) is 25.3 Å². The van der Waals surface area contributed by atoms with Crippen molar-refractivity contribution in [3.05, 3.63) is 30.4 Å². The van der Waals surface area contributed by atoms with Crippen molar-refractivity contribution in [3.8, 4) is 0 Å². The lowest BCUT2D eigenvalue weighted by Crippen LogP contribution is -2.12. The number of alkyl halides is 3. The van der Waals surface area contributed by atoms with Crippen LogP contribution in [0.4, 0.5) is 19.1 Å². The van der Waals surface area contributed by atoms with Crippen LogP contribution >= 0.6 is 11.8 Å². The highest BCUT2D eigenvalue weighted by atomic mass is 32.2. The third-order valence-electron chi connectivity index (χ3n) is 2.09. The molecule has 0 atom stereocenters. The molecule has 0 radical (unpaired) electrons. The summed E-state index contributed by atoms with van der Waals surface area (Å²) < 4.78 is 38.3. The van der Waals surface area contributed by atoms with E-state index in [1.54, 1.807) is 13.0 Å². The Morgan fingerprint density at radius 1 is 1.25 bits per heavy atom. The van der Waals surface area contributed by atoms with Crippen LogP contribution in [-0.2, 0) is 6.18 Å². The number of hydrogen-bond acceptors (Lipinski definition) is 6. The quantitative estimate of drug-likeness (QED) is 0.876. The molecule has 9 heteroatoms. The Balaban J connectivity index is 2.34. The van der Waals surface area contributed by atoms with Gasteiger partial charge in [0.1, 0.15) is 16.4 Å². The Morgan fingerprint density at radius 2 is 2.05 bits per heavy atom. The zero-order valence-electron chi connectivity index (χ0n) is 10.3. The Labute approximate surface area is 117 Å². The molecular weight excluding hydrogens is 291 g/mol. The summed E-state index contributed by atoms with van der Waals surface area (Å²) in [4.78, 5) is 15.1. The predicted octanol–water partition coefficient (Wildman–Crippen LogP) is 2.87. The van der Waals surface area contributed by atoms with Crippen LogP contribution in [0.1, 0.15) is 12.6 Å². The molecule has 5 nitrogen and oxygen atoms in total. The first-order valence-electron chi connectivity index (χ1n) is 5.63. The van der Waals surface area contributed by atoms with Crippen LogP contribution in [0.25, 0.3) is 0 Å². The number of nitrogens with one attached hydrogen (secondary N) is 1. The van der Waals surface area contributed by atoms with Gasteiger partial charge in [0.25, 0.3) is 0 Å². The average Bonchev–Trinajstić information content (AvgIpc) is 2.39. The summed E-state index contributed by atoms with van der Waals surface area (Å²) in [5.74, 6) is -0.0566. The molecule has 2 aromatic rings. The Morgan fingerprint density at radius 3 is 2.65 bits per heavy atom. The molecule has 0 bridgehead atoms. The highest BCUT2D eigenvalue weighted by molar-refractivity contribution is 7.99. The van der Waals surface area contributed by atoms with Crippen LogP contribution in [0.15, 0.2) is 34.7 Å². The number of nitrogens with zero attached hydrogens (tertiary/aromatic N) is 4. The van der Waals surface area contributed by atoms with Crippen molar-refractivity contribution in [1.29, 1.82) is 0 Å². The van der Waals surface area contributed by atoms with Crippen molar-refractivity contribution < 1.29 is 13.2 Å². The second-order valence-electron chi connectivity index (χ2n) is 3.59. The van der Waals surface area contributed by atoms with Gasteiger partial charge in [0.05, 0.1) is 0 Å². The van der Waals surface area contributed by atoms with Gasteiger partial charge in [-0.3, -0.25) is 0 Å². The van der Waals surface area contributed by atoms with Crippen molar-refractivity contribution in [2.24, 2.45) is 0 Å². The molecule has 0 aliphatic carbocycles. The summed E-state index contributed by atoms with van der Waals surface area (Å²) in [7, 11) is 0. The molecule has 0 spiro atoms. The fraction of sp³-hybridized carbons (Fsp3) is 0.273. The Hall–Kier alpha value is -1.90. The largest absolute Gasteiger partial charge is 0.433 e. The van der Waals surface area contributed by atoms with E-state index >= 15 is 0 Å². The van der Waals surface area contributed by atoms with E-state index in [1.165, 1.54) is 12.5 Å². The van der Waals surface area contributed by atoms with E-state index < -0.39 is 11.9 Å². The molecule has 0 aromatic carbocycles. The summed E-state index contributed by atoms with van der Waals surface area (Å²) in [6.45, 7) is 2.18. The fourth-order valence-electron chi connectivity index (χ4n) is 1.31. The molecule has 0 aliphatic rings. The number of hydrogen-bond donors (Lipinski definition) is 1. The third kappa shape index (κ3) is 3.80. The topological polar surface area (TPSA) is 63.6 Å². The molecule has 0 fully saturated rings. The molecule has 0 unspecified atom stereocenters. The molecule has 2 aromatic heterocycles. The van der Waals surface area contributed by atoms with Crippen LogP contribution in [0.3, 0.4) is 0 Å². The van der Waals surface area contributed by atoms with Gasteiger partial charge in [0.2, 0.25) is 5.95 Å². The van der Waals surface area contributed by atoms with Crippen LogP contribution in [0.2, 0.25) is 0 Å². The van der Waals surface area contributed by atoms with Gasteiger partial charge in [-0.25, -0.2) is 19.9 Å². The number of anilines is 1. The monoisotopic (exact) mass is 301 g/mol. The van der Waals surface area contributed by atoms with E-state index in [0.717, 1.165) is 17.8 Å². The van der Waals surface area contributed by atoms with Crippen molar-refractivity contribution in [1.82, 2.24) is 19.9 Å². The molecule has 0 amide bonds. The van der Waals surface area contributed by atoms with Crippen LogP contribution in [0.5, 0.6) is 0 Å². The van der Waals surface area contributed by atoms with Gasteiger partial charge in [-0.2, -0.15) is 13.2 Å². The van der Waals surface area contributed by atoms with Crippen LogP contribution in [0, 0.1) is 0 Å². The fourth-order valence-corrected chi connectivity index (χ4v) is 2.05. The lowest BCUT2D eigenvalue weighted by atomic mass is 10.4. The van der Waals surface area contributed by atoms with Gasteiger partial charge in [-0.15, -0.1) is 0 Å². The molecule has 0 aliphatic heterocycles. The second kappa shape index (κ2) is 6.04. The summed E-state index contributed by atoms with van der Waals surface area (Å²) in [6.07, 6.45) is -1.69. The maximum Gasteiger partial charge on any atom is 0.433 e. The van der Waals surface area contributed by atoms with Gasteiger partial charge < -0.3 is 5.32 Å². The predicted molar refractivity (Wildman–Crippen MR) is 67.4 cm³/mol. The SMILES string of the molecule is CCNc1nc(Sc2ccncn2)cc(C(F)(F)F)n1. The minimum absolute atomic E-state index is 0.0566. The molecule has 1 N–H and O–H groups in total. The van der Waals surface area contributed by atoms with E-state index in [0.29, 0.717) is 11.6 Å². The van der Waals surface area contributed by atoms with Crippen molar-refractivity contribution >= 4 is 17.7 Å². The normalized spacial score (nSPS) is 11.4. The van der Waals surface area contributed by atoms with Gasteiger partial charge in [0.15, 0.2) is 5.69 Å². The number of aromatic nitrogens is 4. The van der Waals surface area contributed by atoms with Crippen molar-refractivity contribution in [2.75, 3.05) is 11.9 Å². The van der Waals surface area contributed by atoms with Crippen LogP contribution in [-0.4, -0.2) is 26.5 Å². The van der Waals surface area contributed by atoms with Crippen molar-refractivity contribution in [2.45, 2.75) is 23.2 Å². The smallest absolute Gasteiger partial charge is 0.354 e. The maximum atomic E-state index is 12.8. The highest BCUT2D eigenvalue weighted by Gasteiger charge is 2.33. The van der Waals surface area contributed by atoms with Gasteiger partial charge in [-0.1, -0.05) is 0 Å². The van der Waals surface area contributed by atoms with E-state index in [4.69, 9.17) is 0 Å². The van der Waals surface area contributed by atoms with Crippen molar-refractivity contribution in [3.63, 3.8) is 0 Å². The first-order valence-corrected chi connectivity index (χ1v) is 6.44. The first-order chi connectivity index (χ1) is 9.49. The highest BCUT2D eigenvalue weighted by Crippen LogP contribution is 2.32. The van der Waals surface area contributed by atoms with E-state index in [1.807, 2.05) is 0 Å². The molecule has 0 saturated heterocycles. The first kappa shape index (κ1) is 14.5. The lowest BCUT2D eigenvalue weighted by molar-refractivity contribution is -0.141. The second-order valence-corrected chi connectivity index (χ2v) is 4.63. The van der Waals surface area contributed by atoms with Gasteiger partial charge in [0, 0.05) is 18.8 Å². The summed E-state index contributed by atoms with van der Waals surface area (Å²) in [6, 6.07) is 2.49. The Kier molecular flexibility index (Phi) is 4.38. The molecule has 2 heterocycles. The van der Waals surface area contributed by atoms with Gasteiger partial charge >= 0.3 is 6.18 Å². The minimum Gasteiger partial charge on any atom is -0.354 e. The summed E-state index contributed by atoms with van der Waals surface area (Å²) in [5, 5.41) is 3.35. The number of rotatable bonds is 4. The zero-order valence-corrected chi connectivity index (χ0v) is 11.2. The zero-order chi connectivity index (χ0) is 14.6. The minimum atomic E-state index is -4.52. The standard InChI is InChI=1S/C11H10F3N5S/c1-2-16-10-18-7(11(12,13)14)5-9(19-10)20-8-3-4-15-6-17-8/h3-6H,2H2,1H3,(H,16,18,19). The summed E-state index contributed by atoms with van der Waals surface area (Å²) in [5.41, 5.74) is -0.986. The molecule has 0 saturated carbocycles. The molecule has 20 heavy (non-hydrogen) atoms. The molecule has 106 valence electrons. The average molecular weight is 301 g/mol. The molecular formula is C11H10F3N5S. The van der Waals surface area contributed by atoms with E-state index in [9.17, 15) is 13.2 Å². The lowest BCUT2D eigenvalue weighted by Gasteiger charge is -2.10. The van der Waals surface area contributed by atoms with E-state index in [-0.39, 0.29) is 11.0 Å². The third-order valence-corrected chi connectivity index (χ3v) is 2.96. The number of halogens is 3. The maximum absolute atomic E-state index is 12.8. The van der Waals surface area contributed by atoms with Gasteiger partial charge in [-0.05, 0) is 24.8 Å². The summed E-state index contributed by atoms with van der Waals surface area (Å²) >= 11 is 1.02. The Bertz CT molecular complexity index is 576. The molecule has 2 rings (SSSR count). The van der Waals surface area contributed by atoms with Crippen LogP contribution < -0.4 is 5.32 Å².